The molecule has 1 aromatic heterocycles. The third-order valence-corrected chi connectivity index (χ3v) is 3.38. The van der Waals surface area contributed by atoms with Gasteiger partial charge < -0.3 is 0 Å². The molecule has 2 rings (SSSR count). The van der Waals surface area contributed by atoms with Crippen molar-refractivity contribution in [2.45, 2.75) is 6.92 Å². The highest BCUT2D eigenvalue weighted by atomic mass is 35.5. The molecule has 0 aliphatic rings. The van der Waals surface area contributed by atoms with E-state index in [9.17, 15) is 9.59 Å². The second-order valence-corrected chi connectivity index (χ2v) is 4.91. The number of rotatable bonds is 3. The molecule has 0 aliphatic heterocycles. The maximum absolute atomic E-state index is 11.8. The summed E-state index contributed by atoms with van der Waals surface area (Å²) >= 11 is 6.05. The molecule has 0 fully saturated rings. The number of hydrazine groups is 1. The van der Waals surface area contributed by atoms with Crippen molar-refractivity contribution in [1.82, 2.24) is 20.6 Å². The largest absolute Gasteiger partial charge is 0.269 e. The third kappa shape index (κ3) is 3.73. The van der Waals surface area contributed by atoms with E-state index in [1.54, 1.807) is 50.4 Å². The number of aromatic nitrogens is 2. The summed E-state index contributed by atoms with van der Waals surface area (Å²) in [5.41, 5.74) is 6.46. The van der Waals surface area contributed by atoms with E-state index >= 15 is 0 Å². The molecule has 0 atom stereocenters. The molecule has 0 bridgehead atoms. The minimum atomic E-state index is -0.469. The molecule has 7 heteroatoms. The van der Waals surface area contributed by atoms with Crippen LogP contribution in [0, 0.1) is 6.92 Å². The molecule has 2 amide bonds. The van der Waals surface area contributed by atoms with Crippen LogP contribution >= 0.6 is 11.6 Å². The standard InChI is InChI=1S/C15H15ClN4O2/c1-10-12(14(16)20(2)19-10)8-9-13(21)17-18-15(22)11-6-4-3-5-7-11/h3-9H,1-2H3,(H,17,21)(H,18,22)/b9-8+. The van der Waals surface area contributed by atoms with Gasteiger partial charge in [-0.2, -0.15) is 5.10 Å². The summed E-state index contributed by atoms with van der Waals surface area (Å²) in [6.07, 6.45) is 2.83. The average molecular weight is 319 g/mol. The van der Waals surface area contributed by atoms with Crippen molar-refractivity contribution in [2.75, 3.05) is 0 Å². The quantitative estimate of drug-likeness (QED) is 0.670. The fraction of sp³-hybridized carbons (Fsp3) is 0.133. The highest BCUT2D eigenvalue weighted by Crippen LogP contribution is 2.19. The summed E-state index contributed by atoms with van der Waals surface area (Å²) in [5, 5.41) is 4.57. The van der Waals surface area contributed by atoms with Crippen LogP contribution in [-0.2, 0) is 11.8 Å². The van der Waals surface area contributed by atoms with Gasteiger partial charge in [0.2, 0.25) is 0 Å². The van der Waals surface area contributed by atoms with E-state index in [0.717, 1.165) is 0 Å². The van der Waals surface area contributed by atoms with Gasteiger partial charge in [0.25, 0.3) is 11.8 Å². The second-order valence-electron chi connectivity index (χ2n) is 4.56. The number of nitrogens with zero attached hydrogens (tertiary/aromatic N) is 2. The van der Waals surface area contributed by atoms with Crippen LogP contribution in [0.4, 0.5) is 0 Å². The summed E-state index contributed by atoms with van der Waals surface area (Å²) in [4.78, 5) is 23.4. The molecule has 2 N–H and O–H groups in total. The number of carbonyl (C=O) groups is 2. The van der Waals surface area contributed by atoms with E-state index in [4.69, 9.17) is 11.6 Å². The first-order valence-corrected chi connectivity index (χ1v) is 6.89. The molecule has 0 saturated carbocycles. The van der Waals surface area contributed by atoms with Crippen molar-refractivity contribution in [1.29, 1.82) is 0 Å². The lowest BCUT2D eigenvalue weighted by Gasteiger charge is -2.04. The topological polar surface area (TPSA) is 76.0 Å². The van der Waals surface area contributed by atoms with Crippen molar-refractivity contribution >= 4 is 29.5 Å². The first kappa shape index (κ1) is 15.8. The summed E-state index contributed by atoms with van der Waals surface area (Å²) in [6, 6.07) is 8.58. The van der Waals surface area contributed by atoms with Gasteiger partial charge in [-0.25, -0.2) is 0 Å². The highest BCUT2D eigenvalue weighted by Gasteiger charge is 2.09. The van der Waals surface area contributed by atoms with Crippen LogP contribution in [0.1, 0.15) is 21.6 Å². The number of hydrogen-bond donors (Lipinski definition) is 2. The minimum absolute atomic E-state index is 0.391. The number of nitrogens with one attached hydrogen (secondary N) is 2. The lowest BCUT2D eigenvalue weighted by atomic mass is 10.2. The predicted molar refractivity (Wildman–Crippen MR) is 84.0 cm³/mol. The summed E-state index contributed by atoms with van der Waals surface area (Å²) < 4.78 is 1.52. The molecular weight excluding hydrogens is 304 g/mol. The van der Waals surface area contributed by atoms with Crippen LogP contribution in [0.25, 0.3) is 6.08 Å². The van der Waals surface area contributed by atoms with Crippen LogP contribution in [0.3, 0.4) is 0 Å². The van der Waals surface area contributed by atoms with Gasteiger partial charge in [0.05, 0.1) is 5.69 Å². The zero-order chi connectivity index (χ0) is 16.1. The van der Waals surface area contributed by atoms with Crippen molar-refractivity contribution in [3.05, 3.63) is 58.4 Å². The van der Waals surface area contributed by atoms with Crippen LogP contribution in [0.2, 0.25) is 5.15 Å². The predicted octanol–water partition coefficient (Wildman–Crippen LogP) is 1.86. The molecule has 0 radical (unpaired) electrons. The Kier molecular flexibility index (Phi) is 4.95. The summed E-state index contributed by atoms with van der Waals surface area (Å²) in [6.45, 7) is 1.79. The van der Waals surface area contributed by atoms with Gasteiger partial charge in [0.15, 0.2) is 0 Å². The Labute approximate surface area is 132 Å². The molecule has 0 aliphatic carbocycles. The van der Waals surface area contributed by atoms with E-state index in [0.29, 0.717) is 22.0 Å². The smallest absolute Gasteiger partial charge is 0.268 e. The van der Waals surface area contributed by atoms with Crippen molar-refractivity contribution in [3.8, 4) is 0 Å². The van der Waals surface area contributed by atoms with Gasteiger partial charge in [0, 0.05) is 24.3 Å². The zero-order valence-electron chi connectivity index (χ0n) is 12.1. The van der Waals surface area contributed by atoms with Crippen LogP contribution in [0.15, 0.2) is 36.4 Å². The molecule has 2 aromatic rings. The molecule has 0 spiro atoms. The van der Waals surface area contributed by atoms with Crippen LogP contribution in [0.5, 0.6) is 0 Å². The lowest BCUT2D eigenvalue weighted by molar-refractivity contribution is -0.117. The SMILES string of the molecule is Cc1nn(C)c(Cl)c1/C=C/C(=O)NNC(=O)c1ccccc1. The Bertz CT molecular complexity index is 723. The van der Waals surface area contributed by atoms with E-state index in [1.165, 1.54) is 10.8 Å². The number of hydrogen-bond acceptors (Lipinski definition) is 3. The summed E-state index contributed by atoms with van der Waals surface area (Å²) in [5.74, 6) is -0.860. The van der Waals surface area contributed by atoms with Gasteiger partial charge in [-0.3, -0.25) is 25.1 Å². The number of carbonyl (C=O) groups excluding carboxylic acids is 2. The van der Waals surface area contributed by atoms with Crippen molar-refractivity contribution in [3.63, 3.8) is 0 Å². The molecule has 1 aromatic carbocycles. The Morgan fingerprint density at radius 2 is 1.91 bits per heavy atom. The first-order chi connectivity index (χ1) is 10.5. The maximum atomic E-state index is 11.8. The van der Waals surface area contributed by atoms with Crippen LogP contribution < -0.4 is 10.9 Å². The average Bonchev–Trinajstić information content (AvgIpc) is 2.76. The number of amides is 2. The Hall–Kier alpha value is -2.60. The Morgan fingerprint density at radius 1 is 1.23 bits per heavy atom. The Balaban J connectivity index is 1.93. The van der Waals surface area contributed by atoms with E-state index in [1.807, 2.05) is 0 Å². The molecule has 114 valence electrons. The van der Waals surface area contributed by atoms with Gasteiger partial charge in [0.1, 0.15) is 5.15 Å². The minimum Gasteiger partial charge on any atom is -0.268 e. The van der Waals surface area contributed by atoms with Gasteiger partial charge in [-0.05, 0) is 25.1 Å². The highest BCUT2D eigenvalue weighted by molar-refractivity contribution is 6.31. The fourth-order valence-electron chi connectivity index (χ4n) is 1.82. The van der Waals surface area contributed by atoms with E-state index in [2.05, 4.69) is 16.0 Å². The van der Waals surface area contributed by atoms with Gasteiger partial charge >= 0.3 is 0 Å². The molecule has 0 unspecified atom stereocenters. The van der Waals surface area contributed by atoms with Gasteiger partial charge in [-0.15, -0.1) is 0 Å². The molecular formula is C15H15ClN4O2. The molecule has 6 nitrogen and oxygen atoms in total. The van der Waals surface area contributed by atoms with E-state index in [-0.39, 0.29) is 0 Å². The molecule has 0 saturated heterocycles. The zero-order valence-corrected chi connectivity index (χ0v) is 12.9. The normalized spacial score (nSPS) is 10.7. The number of aryl methyl sites for hydroxylation is 2. The van der Waals surface area contributed by atoms with E-state index < -0.39 is 11.8 Å². The lowest BCUT2D eigenvalue weighted by Crippen LogP contribution is -2.40. The molecule has 1 heterocycles. The monoisotopic (exact) mass is 318 g/mol. The third-order valence-electron chi connectivity index (χ3n) is 2.93. The molecule has 22 heavy (non-hydrogen) atoms. The number of halogens is 1. The number of benzene rings is 1. The fourth-order valence-corrected chi connectivity index (χ4v) is 2.05. The Morgan fingerprint density at radius 3 is 2.50 bits per heavy atom. The van der Waals surface area contributed by atoms with Gasteiger partial charge in [-0.1, -0.05) is 29.8 Å². The maximum Gasteiger partial charge on any atom is 0.269 e. The first-order valence-electron chi connectivity index (χ1n) is 6.51. The van der Waals surface area contributed by atoms with Crippen molar-refractivity contribution in [2.24, 2.45) is 7.05 Å². The van der Waals surface area contributed by atoms with Crippen LogP contribution in [-0.4, -0.2) is 21.6 Å². The van der Waals surface area contributed by atoms with Crippen molar-refractivity contribution < 1.29 is 9.59 Å². The summed E-state index contributed by atoms with van der Waals surface area (Å²) in [7, 11) is 1.72. The second kappa shape index (κ2) is 6.91.